The number of piperidine rings is 2. The molecule has 2 heterocycles. The zero-order valence-corrected chi connectivity index (χ0v) is 17.4. The number of likely N-dealkylation sites (tertiary alicyclic amines) is 1. The van der Waals surface area contributed by atoms with Crippen molar-refractivity contribution >= 4 is 28.3 Å². The molecular weight excluding hydrogens is 374 g/mol. The number of rotatable bonds is 4. The summed E-state index contributed by atoms with van der Waals surface area (Å²) in [5.41, 5.74) is 6.07. The van der Waals surface area contributed by atoms with E-state index in [4.69, 9.17) is 5.73 Å². The van der Waals surface area contributed by atoms with Gasteiger partial charge in [-0.25, -0.2) is 8.42 Å². The zero-order chi connectivity index (χ0) is 18.0. The van der Waals surface area contributed by atoms with E-state index >= 15 is 0 Å². The minimum atomic E-state index is -3.41. The van der Waals surface area contributed by atoms with Crippen LogP contribution in [0.5, 0.6) is 0 Å². The van der Waals surface area contributed by atoms with Crippen LogP contribution in [0.4, 0.5) is 0 Å². The van der Waals surface area contributed by atoms with Crippen molar-refractivity contribution in [2.75, 3.05) is 19.6 Å². The number of carbonyl (C=O) groups excluding carboxylic acids is 1. The van der Waals surface area contributed by atoms with Gasteiger partial charge in [0.25, 0.3) is 0 Å². The molecule has 6 nitrogen and oxygen atoms in total. The normalized spacial score (nSPS) is 30.0. The summed E-state index contributed by atoms with van der Waals surface area (Å²) in [4.78, 5) is 14.5. The number of nitrogens with two attached hydrogens (primary N) is 1. The van der Waals surface area contributed by atoms with Gasteiger partial charge < -0.3 is 10.6 Å². The molecule has 0 bridgehead atoms. The average Bonchev–Trinajstić information content (AvgIpc) is 3.16. The van der Waals surface area contributed by atoms with Crippen LogP contribution in [0.1, 0.15) is 64.7 Å². The van der Waals surface area contributed by atoms with Crippen LogP contribution in [0.15, 0.2) is 0 Å². The van der Waals surface area contributed by atoms with E-state index in [1.807, 2.05) is 11.8 Å². The smallest absolute Gasteiger partial charge is 0.225 e. The SMILES string of the molecule is CC(N)C1CCCCN1S(=O)(=O)C1CCCN(C(=O)C2CCCC2)C1.Cl. The van der Waals surface area contributed by atoms with E-state index in [0.717, 1.165) is 51.4 Å². The maximum atomic E-state index is 13.3. The number of carbonyl (C=O) groups is 1. The molecule has 3 atom stereocenters. The molecule has 8 heteroatoms. The first-order valence-electron chi connectivity index (χ1n) is 9.96. The fraction of sp³-hybridized carbons (Fsp3) is 0.944. The van der Waals surface area contributed by atoms with Gasteiger partial charge in [0.2, 0.25) is 15.9 Å². The van der Waals surface area contributed by atoms with Crippen molar-refractivity contribution in [2.24, 2.45) is 11.7 Å². The molecule has 2 N–H and O–H groups in total. The number of sulfonamides is 1. The van der Waals surface area contributed by atoms with E-state index in [1.54, 1.807) is 4.31 Å². The summed E-state index contributed by atoms with van der Waals surface area (Å²) in [6, 6.07) is -0.255. The van der Waals surface area contributed by atoms with Crippen LogP contribution in [0.2, 0.25) is 0 Å². The van der Waals surface area contributed by atoms with Crippen LogP contribution in [0.25, 0.3) is 0 Å². The molecule has 3 unspecified atom stereocenters. The molecule has 3 aliphatic rings. The highest BCUT2D eigenvalue weighted by Gasteiger charge is 2.42. The molecule has 3 rings (SSSR count). The van der Waals surface area contributed by atoms with Crippen LogP contribution in [-0.4, -0.2) is 60.5 Å². The van der Waals surface area contributed by atoms with Crippen molar-refractivity contribution in [3.05, 3.63) is 0 Å². The van der Waals surface area contributed by atoms with Gasteiger partial charge in [0.05, 0.1) is 5.25 Å². The summed E-state index contributed by atoms with van der Waals surface area (Å²) < 4.78 is 28.2. The quantitative estimate of drug-likeness (QED) is 0.773. The molecule has 2 saturated heterocycles. The standard InChI is InChI=1S/C18H33N3O3S.ClH/c1-14(19)17-10-4-5-12-21(17)25(23,24)16-9-6-11-20(13-16)18(22)15-7-2-3-8-15;/h14-17H,2-13,19H2,1H3;1H. The maximum Gasteiger partial charge on any atom is 0.225 e. The average molecular weight is 408 g/mol. The molecule has 0 aromatic rings. The van der Waals surface area contributed by atoms with Crippen LogP contribution in [0, 0.1) is 5.92 Å². The van der Waals surface area contributed by atoms with E-state index in [2.05, 4.69) is 0 Å². The minimum Gasteiger partial charge on any atom is -0.341 e. The Hall–Kier alpha value is -0.370. The molecule has 0 radical (unpaired) electrons. The number of amides is 1. The third-order valence-corrected chi connectivity index (χ3v) is 8.58. The van der Waals surface area contributed by atoms with Crippen molar-refractivity contribution in [3.8, 4) is 0 Å². The van der Waals surface area contributed by atoms with Crippen molar-refractivity contribution in [1.82, 2.24) is 9.21 Å². The van der Waals surface area contributed by atoms with Gasteiger partial charge in [-0.15, -0.1) is 12.4 Å². The Bertz CT molecular complexity index is 578. The van der Waals surface area contributed by atoms with Gasteiger partial charge in [-0.1, -0.05) is 19.3 Å². The first-order chi connectivity index (χ1) is 11.9. The van der Waals surface area contributed by atoms with Crippen molar-refractivity contribution < 1.29 is 13.2 Å². The van der Waals surface area contributed by atoms with Crippen LogP contribution in [0.3, 0.4) is 0 Å². The second-order valence-corrected chi connectivity index (χ2v) is 10.3. The van der Waals surface area contributed by atoms with Crippen molar-refractivity contribution in [1.29, 1.82) is 0 Å². The maximum absolute atomic E-state index is 13.3. The van der Waals surface area contributed by atoms with Gasteiger partial charge in [0.1, 0.15) is 0 Å². The lowest BCUT2D eigenvalue weighted by atomic mass is 10.00. The molecule has 0 spiro atoms. The van der Waals surface area contributed by atoms with E-state index in [-0.39, 0.29) is 36.3 Å². The Morgan fingerprint density at radius 3 is 2.31 bits per heavy atom. The van der Waals surface area contributed by atoms with E-state index in [9.17, 15) is 13.2 Å². The summed E-state index contributed by atoms with van der Waals surface area (Å²) >= 11 is 0. The molecule has 0 aromatic heterocycles. The summed E-state index contributed by atoms with van der Waals surface area (Å²) in [6.45, 7) is 3.54. The number of hydrogen-bond acceptors (Lipinski definition) is 4. The second kappa shape index (κ2) is 9.22. The largest absolute Gasteiger partial charge is 0.341 e. The lowest BCUT2D eigenvalue weighted by Gasteiger charge is -2.41. The summed E-state index contributed by atoms with van der Waals surface area (Å²) in [5, 5.41) is -0.467. The fourth-order valence-corrected chi connectivity index (χ4v) is 7.05. The molecule has 1 amide bonds. The third kappa shape index (κ3) is 4.54. The topological polar surface area (TPSA) is 83.7 Å². The molecule has 1 saturated carbocycles. The second-order valence-electron chi connectivity index (χ2n) is 8.11. The van der Waals surface area contributed by atoms with Gasteiger partial charge >= 0.3 is 0 Å². The Kier molecular flexibility index (Phi) is 7.77. The lowest BCUT2D eigenvalue weighted by Crippen LogP contribution is -2.57. The van der Waals surface area contributed by atoms with Crippen LogP contribution in [-0.2, 0) is 14.8 Å². The monoisotopic (exact) mass is 407 g/mol. The highest BCUT2D eigenvalue weighted by atomic mass is 35.5. The number of nitrogens with zero attached hydrogens (tertiary/aromatic N) is 2. The predicted molar refractivity (Wildman–Crippen MR) is 106 cm³/mol. The lowest BCUT2D eigenvalue weighted by molar-refractivity contribution is -0.136. The first kappa shape index (κ1) is 21.9. The summed E-state index contributed by atoms with van der Waals surface area (Å²) in [5.74, 6) is 0.299. The zero-order valence-electron chi connectivity index (χ0n) is 15.8. The predicted octanol–water partition coefficient (Wildman–Crippen LogP) is 2.12. The Morgan fingerprint density at radius 2 is 1.65 bits per heavy atom. The van der Waals surface area contributed by atoms with E-state index < -0.39 is 15.3 Å². The molecule has 152 valence electrons. The van der Waals surface area contributed by atoms with Gasteiger partial charge in [-0.2, -0.15) is 4.31 Å². The first-order valence-corrected chi connectivity index (χ1v) is 11.5. The van der Waals surface area contributed by atoms with E-state index in [1.165, 1.54) is 0 Å². The number of hydrogen-bond donors (Lipinski definition) is 1. The fourth-order valence-electron chi connectivity index (χ4n) is 4.78. The van der Waals surface area contributed by atoms with Crippen molar-refractivity contribution in [2.45, 2.75) is 82.0 Å². The summed E-state index contributed by atoms with van der Waals surface area (Å²) in [7, 11) is -3.41. The molecule has 3 fully saturated rings. The van der Waals surface area contributed by atoms with Crippen LogP contribution >= 0.6 is 12.4 Å². The summed E-state index contributed by atoms with van der Waals surface area (Å²) in [6.07, 6.45) is 8.38. The molecule has 0 aromatic carbocycles. The Morgan fingerprint density at radius 1 is 1.00 bits per heavy atom. The Balaban J connectivity index is 0.00000243. The molecule has 2 aliphatic heterocycles. The van der Waals surface area contributed by atoms with Gasteiger partial charge in [0, 0.05) is 37.6 Å². The number of halogens is 1. The molecule has 26 heavy (non-hydrogen) atoms. The van der Waals surface area contributed by atoms with Gasteiger partial charge in [0.15, 0.2) is 0 Å². The van der Waals surface area contributed by atoms with Crippen LogP contribution < -0.4 is 5.73 Å². The minimum absolute atomic E-state index is 0. The Labute approximate surface area is 164 Å². The highest BCUT2D eigenvalue weighted by molar-refractivity contribution is 7.89. The third-order valence-electron chi connectivity index (χ3n) is 6.25. The van der Waals surface area contributed by atoms with Gasteiger partial charge in [-0.05, 0) is 45.4 Å². The van der Waals surface area contributed by atoms with Crippen molar-refractivity contribution in [3.63, 3.8) is 0 Å². The van der Waals surface area contributed by atoms with Gasteiger partial charge in [-0.3, -0.25) is 4.79 Å². The van der Waals surface area contributed by atoms with E-state index in [0.29, 0.717) is 26.1 Å². The highest BCUT2D eigenvalue weighted by Crippen LogP contribution is 2.31. The molecule has 1 aliphatic carbocycles. The molecular formula is C18H34ClN3O3S.